The molecule has 2 atom stereocenters. The molecule has 1 aromatic carbocycles. The molecule has 2 rings (SSSR count). The molecule has 1 heterocycles. The normalized spacial score (nSPS) is 13.7. The number of rotatable bonds is 4. The number of hydrogen-bond donors (Lipinski definition) is 1. The maximum absolute atomic E-state index is 12.1. The zero-order valence-corrected chi connectivity index (χ0v) is 11.7. The maximum atomic E-state index is 12.1. The molecule has 20 heavy (non-hydrogen) atoms. The molecule has 4 nitrogen and oxygen atoms in total. The molecule has 1 amide bonds. The molecule has 2 unspecified atom stereocenters. The summed E-state index contributed by atoms with van der Waals surface area (Å²) in [6.07, 6.45) is 5.42. The number of benzene rings is 1. The van der Waals surface area contributed by atoms with E-state index < -0.39 is 6.04 Å². The van der Waals surface area contributed by atoms with Crippen LogP contribution >= 0.6 is 0 Å². The number of nitrogens with zero attached hydrogens (tertiary/aromatic N) is 1. The summed E-state index contributed by atoms with van der Waals surface area (Å²) < 4.78 is 5.77. The van der Waals surface area contributed by atoms with E-state index in [2.05, 4.69) is 5.92 Å². The standard InChI is InChI=1S/C16H18N2O2/c1-4-7-13(17)16(19)18(3)11(2)15-10-12-8-5-6-9-14(12)20-15/h1,5-6,8-11,13H,7,17H2,2-3H3. The number of furan rings is 1. The average molecular weight is 270 g/mol. The van der Waals surface area contributed by atoms with Gasteiger partial charge in [-0.3, -0.25) is 4.79 Å². The van der Waals surface area contributed by atoms with Crippen molar-refractivity contribution in [1.82, 2.24) is 4.90 Å². The summed E-state index contributed by atoms with van der Waals surface area (Å²) in [5, 5.41) is 1.02. The number of fused-ring (bicyclic) bond motifs is 1. The second kappa shape index (κ2) is 5.81. The first-order chi connectivity index (χ1) is 9.54. The Labute approximate surface area is 118 Å². The molecular formula is C16H18N2O2. The van der Waals surface area contributed by atoms with Crippen molar-refractivity contribution in [3.05, 3.63) is 36.1 Å². The molecule has 0 bridgehead atoms. The van der Waals surface area contributed by atoms with Gasteiger partial charge in [-0.25, -0.2) is 0 Å². The van der Waals surface area contributed by atoms with E-state index >= 15 is 0 Å². The first-order valence-electron chi connectivity index (χ1n) is 6.48. The molecule has 0 aliphatic heterocycles. The minimum atomic E-state index is -0.670. The fraction of sp³-hybridized carbons (Fsp3) is 0.312. The van der Waals surface area contributed by atoms with Crippen LogP contribution in [0.1, 0.15) is 25.1 Å². The number of terminal acetylenes is 1. The van der Waals surface area contributed by atoms with E-state index in [1.807, 2.05) is 37.3 Å². The SMILES string of the molecule is C#CCC(N)C(=O)N(C)C(C)c1cc2ccccc2o1. The molecule has 0 saturated carbocycles. The lowest BCUT2D eigenvalue weighted by Gasteiger charge is -2.25. The van der Waals surface area contributed by atoms with Crippen LogP contribution in [0.2, 0.25) is 0 Å². The van der Waals surface area contributed by atoms with E-state index in [9.17, 15) is 4.79 Å². The van der Waals surface area contributed by atoms with Crippen LogP contribution in [-0.2, 0) is 4.79 Å². The Morgan fingerprint density at radius 3 is 2.85 bits per heavy atom. The van der Waals surface area contributed by atoms with E-state index in [1.165, 1.54) is 0 Å². The molecular weight excluding hydrogens is 252 g/mol. The highest BCUT2D eigenvalue weighted by atomic mass is 16.3. The van der Waals surface area contributed by atoms with Crippen molar-refractivity contribution in [2.24, 2.45) is 5.73 Å². The van der Waals surface area contributed by atoms with Gasteiger partial charge in [-0.15, -0.1) is 12.3 Å². The molecule has 2 N–H and O–H groups in total. The lowest BCUT2D eigenvalue weighted by molar-refractivity contribution is -0.133. The second-order valence-electron chi connectivity index (χ2n) is 4.83. The van der Waals surface area contributed by atoms with Gasteiger partial charge in [0.05, 0.1) is 12.1 Å². The summed E-state index contributed by atoms with van der Waals surface area (Å²) in [5.41, 5.74) is 6.56. The van der Waals surface area contributed by atoms with E-state index in [4.69, 9.17) is 16.6 Å². The van der Waals surface area contributed by atoms with Crippen LogP contribution in [0.3, 0.4) is 0 Å². The third-order valence-electron chi connectivity index (χ3n) is 3.44. The van der Waals surface area contributed by atoms with Crippen molar-refractivity contribution in [2.75, 3.05) is 7.05 Å². The van der Waals surface area contributed by atoms with Crippen LogP contribution in [0, 0.1) is 12.3 Å². The van der Waals surface area contributed by atoms with Crippen molar-refractivity contribution >= 4 is 16.9 Å². The Balaban J connectivity index is 2.20. The monoisotopic (exact) mass is 270 g/mol. The van der Waals surface area contributed by atoms with Gasteiger partial charge < -0.3 is 15.1 Å². The molecule has 0 radical (unpaired) electrons. The van der Waals surface area contributed by atoms with Gasteiger partial charge in [0.1, 0.15) is 11.3 Å². The minimum Gasteiger partial charge on any atom is -0.459 e. The molecule has 4 heteroatoms. The molecule has 0 aliphatic carbocycles. The molecule has 1 aromatic heterocycles. The fourth-order valence-corrected chi connectivity index (χ4v) is 2.07. The molecule has 104 valence electrons. The summed E-state index contributed by atoms with van der Waals surface area (Å²) >= 11 is 0. The Morgan fingerprint density at radius 1 is 1.50 bits per heavy atom. The summed E-state index contributed by atoms with van der Waals surface area (Å²) in [7, 11) is 1.70. The van der Waals surface area contributed by atoms with Gasteiger partial charge >= 0.3 is 0 Å². The van der Waals surface area contributed by atoms with Crippen molar-refractivity contribution in [2.45, 2.75) is 25.4 Å². The van der Waals surface area contributed by atoms with Crippen LogP contribution in [-0.4, -0.2) is 23.9 Å². The number of likely N-dealkylation sites (N-methyl/N-ethyl adjacent to an activating group) is 1. The molecule has 0 aliphatic rings. The topological polar surface area (TPSA) is 59.5 Å². The van der Waals surface area contributed by atoms with Gasteiger partial charge in [0, 0.05) is 18.9 Å². The van der Waals surface area contributed by atoms with E-state index in [0.717, 1.165) is 16.7 Å². The van der Waals surface area contributed by atoms with Crippen molar-refractivity contribution in [3.8, 4) is 12.3 Å². The number of nitrogens with two attached hydrogens (primary N) is 1. The largest absolute Gasteiger partial charge is 0.459 e. The highest BCUT2D eigenvalue weighted by molar-refractivity contribution is 5.82. The van der Waals surface area contributed by atoms with Crippen LogP contribution in [0.4, 0.5) is 0 Å². The third kappa shape index (κ3) is 2.68. The lowest BCUT2D eigenvalue weighted by Crippen LogP contribution is -2.42. The Hall–Kier alpha value is -2.25. The number of para-hydroxylation sites is 1. The Morgan fingerprint density at radius 2 is 2.20 bits per heavy atom. The summed E-state index contributed by atoms with van der Waals surface area (Å²) in [5.74, 6) is 2.95. The fourth-order valence-electron chi connectivity index (χ4n) is 2.07. The molecule has 2 aromatic rings. The minimum absolute atomic E-state index is 0.184. The molecule has 0 fully saturated rings. The van der Waals surface area contributed by atoms with Crippen LogP contribution in [0.25, 0.3) is 11.0 Å². The number of hydrogen-bond acceptors (Lipinski definition) is 3. The number of carbonyl (C=O) groups excluding carboxylic acids is 1. The Bertz CT molecular complexity index is 621. The van der Waals surface area contributed by atoms with Gasteiger partial charge in [-0.05, 0) is 19.1 Å². The summed E-state index contributed by atoms with van der Waals surface area (Å²) in [6.45, 7) is 1.90. The average Bonchev–Trinajstić information content (AvgIpc) is 2.89. The number of amides is 1. The zero-order chi connectivity index (χ0) is 14.7. The lowest BCUT2D eigenvalue weighted by atomic mass is 10.1. The van der Waals surface area contributed by atoms with Crippen molar-refractivity contribution in [3.63, 3.8) is 0 Å². The maximum Gasteiger partial charge on any atom is 0.240 e. The van der Waals surface area contributed by atoms with E-state index in [0.29, 0.717) is 0 Å². The predicted molar refractivity (Wildman–Crippen MR) is 78.8 cm³/mol. The van der Waals surface area contributed by atoms with Gasteiger partial charge in [0.2, 0.25) is 5.91 Å². The van der Waals surface area contributed by atoms with Crippen molar-refractivity contribution in [1.29, 1.82) is 0 Å². The molecule has 0 saturated heterocycles. The van der Waals surface area contributed by atoms with Crippen LogP contribution in [0.15, 0.2) is 34.7 Å². The van der Waals surface area contributed by atoms with E-state index in [-0.39, 0.29) is 18.4 Å². The smallest absolute Gasteiger partial charge is 0.240 e. The first-order valence-corrected chi connectivity index (χ1v) is 6.48. The Kier molecular flexibility index (Phi) is 4.11. The van der Waals surface area contributed by atoms with Crippen molar-refractivity contribution < 1.29 is 9.21 Å². The van der Waals surface area contributed by atoms with Crippen LogP contribution in [0.5, 0.6) is 0 Å². The summed E-state index contributed by atoms with van der Waals surface area (Å²) in [4.78, 5) is 13.7. The number of carbonyl (C=O) groups is 1. The van der Waals surface area contributed by atoms with Gasteiger partial charge in [-0.1, -0.05) is 18.2 Å². The highest BCUT2D eigenvalue weighted by Crippen LogP contribution is 2.26. The zero-order valence-electron chi connectivity index (χ0n) is 11.7. The van der Waals surface area contributed by atoms with Gasteiger partial charge in [-0.2, -0.15) is 0 Å². The first kappa shape index (κ1) is 14.2. The second-order valence-corrected chi connectivity index (χ2v) is 4.83. The summed E-state index contributed by atoms with van der Waals surface area (Å²) in [6, 6.07) is 8.81. The predicted octanol–water partition coefficient (Wildman–Crippen LogP) is 2.30. The molecule has 0 spiro atoms. The van der Waals surface area contributed by atoms with Crippen LogP contribution < -0.4 is 5.73 Å². The quantitative estimate of drug-likeness (QED) is 0.867. The van der Waals surface area contributed by atoms with E-state index in [1.54, 1.807) is 11.9 Å². The highest BCUT2D eigenvalue weighted by Gasteiger charge is 2.24. The van der Waals surface area contributed by atoms with Gasteiger partial charge in [0.25, 0.3) is 0 Å². The third-order valence-corrected chi connectivity index (χ3v) is 3.44. The van der Waals surface area contributed by atoms with Gasteiger partial charge in [0.15, 0.2) is 0 Å².